The molecule has 0 N–H and O–H groups in total. The Hall–Kier alpha value is -1.48. The molecule has 8 heteroatoms. The number of amidine groups is 1. The summed E-state index contributed by atoms with van der Waals surface area (Å²) < 4.78 is 30.1. The van der Waals surface area contributed by atoms with E-state index >= 15 is 0 Å². The highest BCUT2D eigenvalue weighted by molar-refractivity contribution is 7.90. The number of benzene rings is 1. The van der Waals surface area contributed by atoms with Crippen LogP contribution in [0.5, 0.6) is 0 Å². The van der Waals surface area contributed by atoms with Crippen molar-refractivity contribution in [2.45, 2.75) is 11.8 Å². The summed E-state index contributed by atoms with van der Waals surface area (Å²) in [6, 6.07) is 6.92. The van der Waals surface area contributed by atoms with Crippen molar-refractivity contribution in [1.29, 1.82) is 0 Å². The quantitative estimate of drug-likeness (QED) is 0.551. The second-order valence-corrected chi connectivity index (χ2v) is 9.27. The van der Waals surface area contributed by atoms with Gasteiger partial charge < -0.3 is 14.7 Å². The summed E-state index contributed by atoms with van der Waals surface area (Å²) in [7, 11) is 0.510. The Labute approximate surface area is 163 Å². The zero-order valence-electron chi connectivity index (χ0n) is 16.6. The van der Waals surface area contributed by atoms with E-state index in [0.29, 0.717) is 12.4 Å². The van der Waals surface area contributed by atoms with Crippen molar-refractivity contribution in [2.24, 2.45) is 4.40 Å². The Morgan fingerprint density at radius 3 is 1.96 bits per heavy atom. The number of rotatable bonds is 4. The number of likely N-dealkylation sites (N-methyl/N-ethyl adjacent to an activating group) is 2. The molecule has 27 heavy (non-hydrogen) atoms. The van der Waals surface area contributed by atoms with Gasteiger partial charge in [0, 0.05) is 52.4 Å². The first-order valence-corrected chi connectivity index (χ1v) is 11.0. The number of sulfonamides is 1. The molecule has 0 atom stereocenters. The van der Waals surface area contributed by atoms with Crippen LogP contribution in [0.1, 0.15) is 5.56 Å². The van der Waals surface area contributed by atoms with Crippen LogP contribution in [0.2, 0.25) is 0 Å². The van der Waals surface area contributed by atoms with Crippen LogP contribution < -0.4 is 0 Å². The molecule has 0 bridgehead atoms. The van der Waals surface area contributed by atoms with E-state index in [1.165, 1.54) is 0 Å². The maximum Gasteiger partial charge on any atom is 0.283 e. The van der Waals surface area contributed by atoms with E-state index in [2.05, 4.69) is 38.1 Å². The molecule has 3 rings (SSSR count). The highest BCUT2D eigenvalue weighted by atomic mass is 32.2. The molecule has 0 aliphatic carbocycles. The van der Waals surface area contributed by atoms with Crippen LogP contribution >= 0.6 is 0 Å². The van der Waals surface area contributed by atoms with Gasteiger partial charge in [-0.15, -0.1) is 4.40 Å². The number of hydrogen-bond acceptors (Lipinski definition) is 5. The molecule has 2 saturated heterocycles. The van der Waals surface area contributed by atoms with Gasteiger partial charge in [-0.05, 0) is 33.2 Å². The van der Waals surface area contributed by atoms with Gasteiger partial charge in [0.15, 0.2) is 0 Å². The Morgan fingerprint density at radius 2 is 1.41 bits per heavy atom. The summed E-state index contributed by atoms with van der Waals surface area (Å²) in [6.45, 7) is 9.88. The van der Waals surface area contributed by atoms with E-state index in [1.54, 1.807) is 12.1 Å². The van der Waals surface area contributed by atoms with Crippen molar-refractivity contribution in [2.75, 3.05) is 73.0 Å². The Morgan fingerprint density at radius 1 is 0.889 bits per heavy atom. The molecule has 0 saturated carbocycles. The maximum absolute atomic E-state index is 12.9. The predicted molar refractivity (Wildman–Crippen MR) is 109 cm³/mol. The summed E-state index contributed by atoms with van der Waals surface area (Å²) in [5.41, 5.74) is 1.04. The number of nitrogens with zero attached hydrogens (tertiary/aromatic N) is 5. The second-order valence-electron chi connectivity index (χ2n) is 7.67. The molecular formula is C19H31N5O2S. The van der Waals surface area contributed by atoms with Gasteiger partial charge in [0.1, 0.15) is 5.84 Å². The maximum atomic E-state index is 12.9. The average molecular weight is 394 g/mol. The summed E-state index contributed by atoms with van der Waals surface area (Å²) >= 11 is 0. The smallest absolute Gasteiger partial charge is 0.283 e. The minimum Gasteiger partial charge on any atom is -0.356 e. The molecule has 150 valence electrons. The van der Waals surface area contributed by atoms with E-state index in [0.717, 1.165) is 57.9 Å². The fourth-order valence-electron chi connectivity index (χ4n) is 3.36. The largest absolute Gasteiger partial charge is 0.356 e. The van der Waals surface area contributed by atoms with Crippen LogP contribution in [0.4, 0.5) is 0 Å². The molecule has 7 nitrogen and oxygen atoms in total. The zero-order valence-corrected chi connectivity index (χ0v) is 17.5. The lowest BCUT2D eigenvalue weighted by atomic mass is 10.2. The average Bonchev–Trinajstić information content (AvgIpc) is 2.64. The van der Waals surface area contributed by atoms with E-state index < -0.39 is 10.0 Å². The molecule has 2 heterocycles. The highest BCUT2D eigenvalue weighted by Gasteiger charge is 2.24. The van der Waals surface area contributed by atoms with E-state index in [-0.39, 0.29) is 4.90 Å². The third kappa shape index (κ3) is 5.51. The van der Waals surface area contributed by atoms with Crippen molar-refractivity contribution in [3.63, 3.8) is 0 Å². The fourth-order valence-corrected chi connectivity index (χ4v) is 4.39. The van der Waals surface area contributed by atoms with Crippen LogP contribution in [-0.2, 0) is 10.0 Å². The first kappa shape index (κ1) is 20.3. The Bertz CT molecular complexity index is 747. The minimum atomic E-state index is -3.71. The third-order valence-corrected chi connectivity index (χ3v) is 6.69. The standard InChI is InChI=1S/C19H31N5O2S/c1-17-4-6-18(7-5-17)27(25,26)20-19(24-14-10-22(3)11-15-24)16-23-12-8-21(2)9-13-23/h4-7H,8-16H2,1-3H3. The number of piperazine rings is 2. The molecule has 0 aromatic heterocycles. The predicted octanol–water partition coefficient (Wildman–Crippen LogP) is 0.577. The third-order valence-electron chi connectivity index (χ3n) is 5.37. The lowest BCUT2D eigenvalue weighted by Gasteiger charge is -2.38. The van der Waals surface area contributed by atoms with Crippen molar-refractivity contribution in [1.82, 2.24) is 19.6 Å². The monoisotopic (exact) mass is 393 g/mol. The van der Waals surface area contributed by atoms with Gasteiger partial charge in [0.25, 0.3) is 10.0 Å². The molecule has 0 spiro atoms. The second kappa shape index (κ2) is 8.68. The first-order chi connectivity index (χ1) is 12.8. The zero-order chi connectivity index (χ0) is 19.4. The Balaban J connectivity index is 1.83. The highest BCUT2D eigenvalue weighted by Crippen LogP contribution is 2.15. The summed E-state index contributed by atoms with van der Waals surface area (Å²) in [4.78, 5) is 9.27. The molecule has 2 aliphatic rings. The fraction of sp³-hybridized carbons (Fsp3) is 0.632. The van der Waals surface area contributed by atoms with Gasteiger partial charge in [0.2, 0.25) is 0 Å². The van der Waals surface area contributed by atoms with E-state index in [1.807, 2.05) is 19.1 Å². The molecule has 2 aliphatic heterocycles. The van der Waals surface area contributed by atoms with Crippen LogP contribution in [0.15, 0.2) is 33.6 Å². The molecule has 1 aromatic rings. The molecule has 0 amide bonds. The van der Waals surface area contributed by atoms with Crippen molar-refractivity contribution >= 4 is 15.9 Å². The van der Waals surface area contributed by atoms with Crippen LogP contribution in [0.25, 0.3) is 0 Å². The normalized spacial score (nSPS) is 21.6. The van der Waals surface area contributed by atoms with Crippen molar-refractivity contribution in [3.05, 3.63) is 29.8 Å². The SMILES string of the molecule is Cc1ccc(S(=O)(=O)N=C(CN2CCN(C)CC2)N2CCN(C)CC2)cc1. The summed E-state index contributed by atoms with van der Waals surface area (Å²) in [5, 5.41) is 0. The van der Waals surface area contributed by atoms with Gasteiger partial charge >= 0.3 is 0 Å². The molecule has 0 radical (unpaired) electrons. The lowest BCUT2D eigenvalue weighted by Crippen LogP contribution is -2.53. The number of aryl methyl sites for hydroxylation is 1. The minimum absolute atomic E-state index is 0.262. The van der Waals surface area contributed by atoms with Gasteiger partial charge in [-0.25, -0.2) is 0 Å². The van der Waals surface area contributed by atoms with Crippen molar-refractivity contribution in [3.8, 4) is 0 Å². The van der Waals surface area contributed by atoms with Crippen molar-refractivity contribution < 1.29 is 8.42 Å². The first-order valence-electron chi connectivity index (χ1n) is 9.58. The van der Waals surface area contributed by atoms with Crippen LogP contribution in [0, 0.1) is 6.92 Å². The molecule has 0 unspecified atom stereocenters. The van der Waals surface area contributed by atoms with Gasteiger partial charge in [-0.1, -0.05) is 17.7 Å². The van der Waals surface area contributed by atoms with Gasteiger partial charge in [0.05, 0.1) is 11.4 Å². The van der Waals surface area contributed by atoms with Gasteiger partial charge in [-0.3, -0.25) is 4.90 Å². The number of hydrogen-bond donors (Lipinski definition) is 0. The lowest BCUT2D eigenvalue weighted by molar-refractivity contribution is 0.161. The molecule has 2 fully saturated rings. The molecule has 1 aromatic carbocycles. The molecular weight excluding hydrogens is 362 g/mol. The van der Waals surface area contributed by atoms with Crippen LogP contribution in [-0.4, -0.2) is 107 Å². The van der Waals surface area contributed by atoms with E-state index in [4.69, 9.17) is 0 Å². The summed E-state index contributed by atoms with van der Waals surface area (Å²) in [5.74, 6) is 0.674. The van der Waals surface area contributed by atoms with Crippen LogP contribution in [0.3, 0.4) is 0 Å². The summed E-state index contributed by atoms with van der Waals surface area (Å²) in [6.07, 6.45) is 0. The topological polar surface area (TPSA) is 59.5 Å². The van der Waals surface area contributed by atoms with E-state index in [9.17, 15) is 8.42 Å². The van der Waals surface area contributed by atoms with Gasteiger partial charge in [-0.2, -0.15) is 8.42 Å². The Kier molecular flexibility index (Phi) is 6.52.